The summed E-state index contributed by atoms with van der Waals surface area (Å²) in [6.45, 7) is 6.27. The molecule has 0 saturated heterocycles. The molecule has 2 aromatic carbocycles. The monoisotopic (exact) mass is 356 g/mol. The lowest BCUT2D eigenvalue weighted by Crippen LogP contribution is -2.50. The van der Waals surface area contributed by atoms with Crippen LogP contribution in [0.1, 0.15) is 42.6 Å². The molecular weight excluding hydrogens is 331 g/mol. The lowest BCUT2D eigenvalue weighted by Gasteiger charge is -2.23. The summed E-state index contributed by atoms with van der Waals surface area (Å²) in [4.78, 5) is 24.9. The zero-order valence-electron chi connectivity index (χ0n) is 15.3. The number of benzene rings is 2. The highest BCUT2D eigenvalue weighted by atomic mass is 19.1. The van der Waals surface area contributed by atoms with Gasteiger partial charge in [0.1, 0.15) is 11.9 Å². The molecular formula is C21H25FN2O2. The van der Waals surface area contributed by atoms with Gasteiger partial charge >= 0.3 is 0 Å². The third-order valence-corrected chi connectivity index (χ3v) is 4.29. The van der Waals surface area contributed by atoms with Gasteiger partial charge in [0.25, 0.3) is 5.91 Å². The molecule has 0 aromatic heterocycles. The van der Waals surface area contributed by atoms with Crippen LogP contribution in [0.4, 0.5) is 4.39 Å². The molecule has 0 heterocycles. The van der Waals surface area contributed by atoms with E-state index in [2.05, 4.69) is 10.6 Å². The van der Waals surface area contributed by atoms with Gasteiger partial charge in [-0.1, -0.05) is 51.1 Å². The molecule has 2 atom stereocenters. The van der Waals surface area contributed by atoms with E-state index in [0.717, 1.165) is 5.56 Å². The minimum Gasteiger partial charge on any atom is -0.354 e. The van der Waals surface area contributed by atoms with Crippen LogP contribution in [-0.2, 0) is 4.79 Å². The zero-order valence-corrected chi connectivity index (χ0v) is 15.3. The van der Waals surface area contributed by atoms with E-state index in [1.807, 2.05) is 51.1 Å². The second kappa shape index (κ2) is 9.13. The van der Waals surface area contributed by atoms with E-state index in [-0.39, 0.29) is 17.7 Å². The fraction of sp³-hybridized carbons (Fsp3) is 0.333. The average molecular weight is 356 g/mol. The van der Waals surface area contributed by atoms with Crippen molar-refractivity contribution < 1.29 is 14.0 Å². The lowest BCUT2D eigenvalue weighted by molar-refractivity contribution is -0.124. The van der Waals surface area contributed by atoms with E-state index in [1.54, 1.807) is 0 Å². The predicted molar refractivity (Wildman–Crippen MR) is 100 cm³/mol. The molecule has 138 valence electrons. The first-order valence-corrected chi connectivity index (χ1v) is 8.77. The maximum absolute atomic E-state index is 13.0. The molecule has 0 aliphatic rings. The normalized spacial score (nSPS) is 13.1. The fourth-order valence-electron chi connectivity index (χ4n) is 2.62. The van der Waals surface area contributed by atoms with Gasteiger partial charge in [0.15, 0.2) is 0 Å². The number of carbonyl (C=O) groups excluding carboxylic acids is 2. The van der Waals surface area contributed by atoms with Crippen molar-refractivity contribution in [2.24, 2.45) is 5.92 Å². The highest BCUT2D eigenvalue weighted by Crippen LogP contribution is 2.13. The minimum atomic E-state index is -0.657. The quantitative estimate of drug-likeness (QED) is 0.798. The number of rotatable bonds is 7. The predicted octanol–water partition coefficient (Wildman–Crippen LogP) is 3.50. The summed E-state index contributed by atoms with van der Waals surface area (Å²) >= 11 is 0. The molecule has 4 nitrogen and oxygen atoms in total. The molecule has 2 rings (SSSR count). The van der Waals surface area contributed by atoms with E-state index < -0.39 is 17.8 Å². The summed E-state index contributed by atoms with van der Waals surface area (Å²) in [7, 11) is 0. The van der Waals surface area contributed by atoms with Crippen molar-refractivity contribution in [2.75, 3.05) is 6.54 Å². The van der Waals surface area contributed by atoms with E-state index in [4.69, 9.17) is 0 Å². The van der Waals surface area contributed by atoms with Crippen LogP contribution in [-0.4, -0.2) is 24.4 Å². The Balaban J connectivity index is 1.96. The van der Waals surface area contributed by atoms with Crippen molar-refractivity contribution in [2.45, 2.75) is 32.7 Å². The van der Waals surface area contributed by atoms with Crippen LogP contribution in [0.15, 0.2) is 54.6 Å². The summed E-state index contributed by atoms with van der Waals surface area (Å²) < 4.78 is 13.0. The summed E-state index contributed by atoms with van der Waals surface area (Å²) in [6.07, 6.45) is 0. The molecule has 2 amide bonds. The summed E-state index contributed by atoms with van der Waals surface area (Å²) in [5, 5.41) is 5.66. The van der Waals surface area contributed by atoms with Gasteiger partial charge in [-0.3, -0.25) is 9.59 Å². The van der Waals surface area contributed by atoms with Crippen molar-refractivity contribution >= 4 is 11.8 Å². The molecule has 0 aliphatic carbocycles. The van der Waals surface area contributed by atoms with Gasteiger partial charge in [0.05, 0.1) is 0 Å². The Morgan fingerprint density at radius 1 is 0.962 bits per heavy atom. The third kappa shape index (κ3) is 5.41. The van der Waals surface area contributed by atoms with E-state index in [9.17, 15) is 14.0 Å². The largest absolute Gasteiger partial charge is 0.354 e. The second-order valence-corrected chi connectivity index (χ2v) is 6.76. The van der Waals surface area contributed by atoms with Gasteiger partial charge in [-0.25, -0.2) is 4.39 Å². The van der Waals surface area contributed by atoms with Crippen molar-refractivity contribution in [1.29, 1.82) is 0 Å². The lowest BCUT2D eigenvalue weighted by atomic mass is 10.00. The van der Waals surface area contributed by atoms with Gasteiger partial charge in [-0.2, -0.15) is 0 Å². The van der Waals surface area contributed by atoms with Gasteiger partial charge < -0.3 is 10.6 Å². The number of hydrogen-bond acceptors (Lipinski definition) is 2. The van der Waals surface area contributed by atoms with Gasteiger partial charge in [0, 0.05) is 12.1 Å². The second-order valence-electron chi connectivity index (χ2n) is 6.76. The van der Waals surface area contributed by atoms with Crippen LogP contribution in [0.5, 0.6) is 0 Å². The Hall–Kier alpha value is -2.69. The molecule has 0 fully saturated rings. The molecule has 0 saturated carbocycles. The Morgan fingerprint density at radius 2 is 1.58 bits per heavy atom. The number of carbonyl (C=O) groups is 2. The van der Waals surface area contributed by atoms with E-state index >= 15 is 0 Å². The highest BCUT2D eigenvalue weighted by molar-refractivity contribution is 5.97. The van der Waals surface area contributed by atoms with Crippen molar-refractivity contribution in [3.05, 3.63) is 71.5 Å². The van der Waals surface area contributed by atoms with Crippen molar-refractivity contribution in [3.8, 4) is 0 Å². The first-order valence-electron chi connectivity index (χ1n) is 8.77. The van der Waals surface area contributed by atoms with Crippen LogP contribution in [0.3, 0.4) is 0 Å². The first-order chi connectivity index (χ1) is 12.4. The molecule has 5 heteroatoms. The van der Waals surface area contributed by atoms with Crippen LogP contribution >= 0.6 is 0 Å². The smallest absolute Gasteiger partial charge is 0.251 e. The molecule has 0 bridgehead atoms. The van der Waals surface area contributed by atoms with Crippen LogP contribution in [0.2, 0.25) is 0 Å². The molecule has 2 N–H and O–H groups in total. The van der Waals surface area contributed by atoms with Crippen LogP contribution in [0, 0.1) is 11.7 Å². The molecule has 0 unspecified atom stereocenters. The summed E-state index contributed by atoms with van der Waals surface area (Å²) in [5.41, 5.74) is 1.46. The van der Waals surface area contributed by atoms with Gasteiger partial charge in [-0.05, 0) is 41.7 Å². The Labute approximate surface area is 153 Å². The van der Waals surface area contributed by atoms with Gasteiger partial charge in [0.2, 0.25) is 5.91 Å². The zero-order chi connectivity index (χ0) is 19.1. The first kappa shape index (κ1) is 19.6. The molecule has 0 aliphatic heterocycles. The Bertz CT molecular complexity index is 729. The molecule has 0 radical (unpaired) electrons. The molecule has 26 heavy (non-hydrogen) atoms. The van der Waals surface area contributed by atoms with Crippen LogP contribution < -0.4 is 10.6 Å². The number of halogens is 1. The van der Waals surface area contributed by atoms with Crippen molar-refractivity contribution in [3.63, 3.8) is 0 Å². The topological polar surface area (TPSA) is 58.2 Å². The SMILES string of the molecule is CC(C)[C@H](NC(=O)c1ccc(F)cc1)C(=O)NC[C@H](C)c1ccccc1. The Kier molecular flexibility index (Phi) is 6.89. The third-order valence-electron chi connectivity index (χ3n) is 4.29. The number of nitrogens with one attached hydrogen (secondary N) is 2. The maximum Gasteiger partial charge on any atom is 0.251 e. The maximum atomic E-state index is 13.0. The summed E-state index contributed by atoms with van der Waals surface area (Å²) in [6, 6.07) is 14.5. The Morgan fingerprint density at radius 3 is 2.15 bits per heavy atom. The summed E-state index contributed by atoms with van der Waals surface area (Å²) in [5.74, 6) is -0.935. The van der Waals surface area contributed by atoms with Crippen molar-refractivity contribution in [1.82, 2.24) is 10.6 Å². The standard InChI is InChI=1S/C21H25FN2O2/c1-14(2)19(24-20(25)17-9-11-18(22)12-10-17)21(26)23-13-15(3)16-7-5-4-6-8-16/h4-12,14-15,19H,13H2,1-3H3,(H,23,26)(H,24,25)/t15-,19-/m0/s1. The van der Waals surface area contributed by atoms with E-state index in [1.165, 1.54) is 24.3 Å². The van der Waals surface area contributed by atoms with E-state index in [0.29, 0.717) is 12.1 Å². The minimum absolute atomic E-state index is 0.0774. The highest BCUT2D eigenvalue weighted by Gasteiger charge is 2.25. The molecule has 2 aromatic rings. The van der Waals surface area contributed by atoms with Gasteiger partial charge in [-0.15, -0.1) is 0 Å². The molecule has 0 spiro atoms. The van der Waals surface area contributed by atoms with Crippen LogP contribution in [0.25, 0.3) is 0 Å². The number of hydrogen-bond donors (Lipinski definition) is 2. The fourth-order valence-corrected chi connectivity index (χ4v) is 2.62. The number of amides is 2. The average Bonchev–Trinajstić information content (AvgIpc) is 2.64.